The van der Waals surface area contributed by atoms with Crippen LogP contribution in [0, 0.1) is 6.92 Å². The first-order valence-corrected chi connectivity index (χ1v) is 8.35. The van der Waals surface area contributed by atoms with Crippen LogP contribution in [-0.4, -0.2) is 19.4 Å². The lowest BCUT2D eigenvalue weighted by Gasteiger charge is -2.07. The van der Waals surface area contributed by atoms with Gasteiger partial charge in [0.1, 0.15) is 4.90 Å². The second kappa shape index (κ2) is 6.32. The highest BCUT2D eigenvalue weighted by Crippen LogP contribution is 2.17. The monoisotopic (exact) mass is 307 g/mol. The quantitative estimate of drug-likeness (QED) is 0.768. The zero-order valence-electron chi connectivity index (χ0n) is 12.5. The van der Waals surface area contributed by atoms with Crippen molar-refractivity contribution in [3.05, 3.63) is 47.8 Å². The van der Waals surface area contributed by atoms with Crippen LogP contribution in [0.4, 0.5) is 5.69 Å². The predicted octanol–water partition coefficient (Wildman–Crippen LogP) is 2.62. The van der Waals surface area contributed by atoms with E-state index in [1.807, 2.05) is 32.9 Å². The molecule has 1 aromatic heterocycles. The van der Waals surface area contributed by atoms with E-state index in [9.17, 15) is 8.42 Å². The van der Waals surface area contributed by atoms with E-state index in [2.05, 4.69) is 15.0 Å². The Kier molecular flexibility index (Phi) is 4.69. The summed E-state index contributed by atoms with van der Waals surface area (Å²) >= 11 is 0. The molecule has 0 amide bonds. The Morgan fingerprint density at radius 1 is 1.19 bits per heavy atom. The highest BCUT2D eigenvalue weighted by Gasteiger charge is 2.16. The summed E-state index contributed by atoms with van der Waals surface area (Å²) in [5.41, 5.74) is 2.48. The fourth-order valence-corrected chi connectivity index (χ4v) is 2.90. The number of rotatable bonds is 6. The summed E-state index contributed by atoms with van der Waals surface area (Å²) in [6.45, 7) is 6.65. The normalized spacial score (nSPS) is 11.8. The van der Waals surface area contributed by atoms with E-state index in [0.717, 1.165) is 11.3 Å². The van der Waals surface area contributed by atoms with Crippen LogP contribution in [0.1, 0.15) is 25.1 Å². The topological polar surface area (TPSA) is 74.0 Å². The molecule has 0 aliphatic carbocycles. The number of H-pyrrole nitrogens is 1. The van der Waals surface area contributed by atoms with Crippen molar-refractivity contribution in [2.75, 3.05) is 4.72 Å². The first kappa shape index (κ1) is 15.6. The van der Waals surface area contributed by atoms with Gasteiger partial charge in [-0.25, -0.2) is 8.42 Å². The van der Waals surface area contributed by atoms with Gasteiger partial charge in [0.05, 0.1) is 0 Å². The summed E-state index contributed by atoms with van der Waals surface area (Å²) in [5.74, 6) is 0. The molecule has 0 aliphatic rings. The van der Waals surface area contributed by atoms with E-state index >= 15 is 0 Å². The molecule has 0 atom stereocenters. The average Bonchev–Trinajstić information content (AvgIpc) is 2.88. The molecule has 0 saturated heterocycles. The largest absolute Gasteiger partial charge is 0.363 e. The van der Waals surface area contributed by atoms with Crippen molar-refractivity contribution < 1.29 is 8.42 Å². The average molecular weight is 307 g/mol. The molecule has 0 spiro atoms. The lowest BCUT2D eigenvalue weighted by Crippen LogP contribution is -2.21. The minimum Gasteiger partial charge on any atom is -0.363 e. The van der Waals surface area contributed by atoms with Gasteiger partial charge in [-0.05, 0) is 25.1 Å². The predicted molar refractivity (Wildman–Crippen MR) is 84.8 cm³/mol. The zero-order valence-corrected chi connectivity index (χ0v) is 13.3. The first-order valence-electron chi connectivity index (χ1n) is 6.87. The van der Waals surface area contributed by atoms with Gasteiger partial charge in [-0.1, -0.05) is 31.5 Å². The Morgan fingerprint density at radius 3 is 2.48 bits per heavy atom. The number of aryl methyl sites for hydroxylation is 1. The third-order valence-corrected chi connectivity index (χ3v) is 4.39. The van der Waals surface area contributed by atoms with Gasteiger partial charge in [0.15, 0.2) is 0 Å². The maximum absolute atomic E-state index is 12.3. The van der Waals surface area contributed by atoms with Crippen LogP contribution in [0.2, 0.25) is 0 Å². The highest BCUT2D eigenvalue weighted by atomic mass is 32.2. The van der Waals surface area contributed by atoms with Crippen LogP contribution in [0.15, 0.2) is 41.4 Å². The Labute approximate surface area is 125 Å². The molecule has 0 radical (unpaired) electrons. The van der Waals surface area contributed by atoms with E-state index in [1.165, 1.54) is 6.20 Å². The summed E-state index contributed by atoms with van der Waals surface area (Å²) in [4.78, 5) is 3.22. The van der Waals surface area contributed by atoms with Gasteiger partial charge in [0.25, 0.3) is 10.0 Å². The molecule has 5 nitrogen and oxygen atoms in total. The molecule has 2 aromatic rings. The van der Waals surface area contributed by atoms with Crippen molar-refractivity contribution in [3.8, 4) is 0 Å². The van der Waals surface area contributed by atoms with Crippen molar-refractivity contribution in [2.45, 2.75) is 38.3 Å². The van der Waals surface area contributed by atoms with Crippen LogP contribution in [0.25, 0.3) is 0 Å². The number of nitrogens with one attached hydrogen (secondary N) is 3. The Balaban J connectivity index is 2.10. The lowest BCUT2D eigenvalue weighted by molar-refractivity contribution is 0.582. The molecule has 1 aromatic carbocycles. The summed E-state index contributed by atoms with van der Waals surface area (Å²) < 4.78 is 27.1. The molecule has 0 aliphatic heterocycles. The molecule has 0 bridgehead atoms. The number of hydrogen-bond acceptors (Lipinski definition) is 3. The molecule has 114 valence electrons. The lowest BCUT2D eigenvalue weighted by atomic mass is 10.2. The fourth-order valence-electron chi connectivity index (χ4n) is 1.83. The molecule has 6 heteroatoms. The number of benzene rings is 1. The van der Waals surface area contributed by atoms with Gasteiger partial charge in [0.2, 0.25) is 0 Å². The molecule has 3 N–H and O–H groups in total. The van der Waals surface area contributed by atoms with E-state index in [0.29, 0.717) is 18.3 Å². The zero-order chi connectivity index (χ0) is 15.5. The van der Waals surface area contributed by atoms with Crippen molar-refractivity contribution >= 4 is 15.7 Å². The Morgan fingerprint density at radius 2 is 1.86 bits per heavy atom. The Hall–Kier alpha value is -1.79. The van der Waals surface area contributed by atoms with Gasteiger partial charge in [0, 0.05) is 30.2 Å². The summed E-state index contributed by atoms with van der Waals surface area (Å²) in [6.07, 6.45) is 1.51. The van der Waals surface area contributed by atoms with E-state index in [-0.39, 0.29) is 4.90 Å². The molecular formula is C15H21N3O2S. The van der Waals surface area contributed by atoms with E-state index < -0.39 is 10.0 Å². The Bertz CT molecular complexity index is 688. The fraction of sp³-hybridized carbons (Fsp3) is 0.333. The van der Waals surface area contributed by atoms with Crippen LogP contribution in [-0.2, 0) is 16.6 Å². The minimum absolute atomic E-state index is 0.239. The third-order valence-electron chi connectivity index (χ3n) is 3.03. The van der Waals surface area contributed by atoms with Gasteiger partial charge >= 0.3 is 0 Å². The van der Waals surface area contributed by atoms with Crippen molar-refractivity contribution in [2.24, 2.45) is 0 Å². The minimum atomic E-state index is -3.55. The molecule has 1 heterocycles. The van der Waals surface area contributed by atoms with E-state index in [1.54, 1.807) is 18.2 Å². The molecule has 0 saturated carbocycles. The van der Waals surface area contributed by atoms with Gasteiger partial charge in [-0.15, -0.1) is 0 Å². The van der Waals surface area contributed by atoms with Crippen molar-refractivity contribution in [1.29, 1.82) is 0 Å². The van der Waals surface area contributed by atoms with Crippen LogP contribution < -0.4 is 10.0 Å². The maximum Gasteiger partial charge on any atom is 0.263 e. The summed E-state index contributed by atoms with van der Waals surface area (Å²) in [6, 6.07) is 9.23. The molecule has 0 unspecified atom stereocenters. The second-order valence-corrected chi connectivity index (χ2v) is 7.05. The van der Waals surface area contributed by atoms with Crippen LogP contribution >= 0.6 is 0 Å². The highest BCUT2D eigenvalue weighted by molar-refractivity contribution is 7.92. The number of hydrogen-bond donors (Lipinski definition) is 3. The smallest absolute Gasteiger partial charge is 0.263 e. The third kappa shape index (κ3) is 4.34. The van der Waals surface area contributed by atoms with Gasteiger partial charge in [-0.3, -0.25) is 4.72 Å². The van der Waals surface area contributed by atoms with E-state index in [4.69, 9.17) is 0 Å². The summed E-state index contributed by atoms with van der Waals surface area (Å²) in [5, 5.41) is 3.24. The number of aromatic nitrogens is 1. The summed E-state index contributed by atoms with van der Waals surface area (Å²) in [7, 11) is -3.55. The van der Waals surface area contributed by atoms with Crippen LogP contribution in [0.5, 0.6) is 0 Å². The van der Waals surface area contributed by atoms with Crippen molar-refractivity contribution in [1.82, 2.24) is 10.3 Å². The maximum atomic E-state index is 12.3. The molecule has 21 heavy (non-hydrogen) atoms. The van der Waals surface area contributed by atoms with Gasteiger partial charge < -0.3 is 10.3 Å². The number of anilines is 1. The molecule has 0 fully saturated rings. The number of sulfonamides is 1. The SMILES string of the molecule is Cc1ccc(NS(=O)(=O)c2c[nH]c(CNC(C)C)c2)cc1. The number of aromatic amines is 1. The standard InChI is InChI=1S/C15H21N3O2S/c1-11(2)16-9-14-8-15(10-17-14)21(19,20)18-13-6-4-12(3)5-7-13/h4-8,10-11,16-18H,9H2,1-3H3. The second-order valence-electron chi connectivity index (χ2n) is 5.37. The molecular weight excluding hydrogens is 286 g/mol. The van der Waals surface area contributed by atoms with Crippen LogP contribution in [0.3, 0.4) is 0 Å². The molecule has 2 rings (SSSR count). The first-order chi connectivity index (χ1) is 9.87. The van der Waals surface area contributed by atoms with Crippen molar-refractivity contribution in [3.63, 3.8) is 0 Å². The van der Waals surface area contributed by atoms with Gasteiger partial charge in [-0.2, -0.15) is 0 Å².